The summed E-state index contributed by atoms with van der Waals surface area (Å²) in [5.74, 6) is -0.356. The number of aromatic nitrogens is 2. The van der Waals surface area contributed by atoms with Crippen LogP contribution in [-0.2, 0) is 17.5 Å². The van der Waals surface area contributed by atoms with Crippen molar-refractivity contribution in [3.63, 3.8) is 0 Å². The second kappa shape index (κ2) is 9.95. The molecule has 1 N–H and O–H groups in total. The lowest BCUT2D eigenvalue weighted by atomic mass is 10.1. The maximum Gasteiger partial charge on any atom is 0.416 e. The SMILES string of the molecule is CC(C)CCn1c(SCC(=O)Nc2cc(C(F)(F)F)ccc2Cl)nc2ccccc2c1=O. The van der Waals surface area contributed by atoms with Crippen LogP contribution in [0.1, 0.15) is 25.8 Å². The Morgan fingerprint density at radius 2 is 1.94 bits per heavy atom. The van der Waals surface area contributed by atoms with Gasteiger partial charge in [-0.25, -0.2) is 4.98 Å². The van der Waals surface area contributed by atoms with Crippen molar-refractivity contribution in [2.75, 3.05) is 11.1 Å². The highest BCUT2D eigenvalue weighted by molar-refractivity contribution is 7.99. The van der Waals surface area contributed by atoms with E-state index in [0.717, 1.165) is 36.4 Å². The van der Waals surface area contributed by atoms with E-state index in [1.165, 1.54) is 4.57 Å². The van der Waals surface area contributed by atoms with Crippen molar-refractivity contribution in [1.82, 2.24) is 9.55 Å². The number of thioether (sulfide) groups is 1. The molecule has 3 rings (SSSR count). The first-order valence-corrected chi connectivity index (χ1v) is 11.2. The monoisotopic (exact) mass is 483 g/mol. The first-order chi connectivity index (χ1) is 15.1. The molecule has 10 heteroatoms. The number of nitrogens with one attached hydrogen (secondary N) is 1. The van der Waals surface area contributed by atoms with E-state index in [-0.39, 0.29) is 22.0 Å². The predicted octanol–water partition coefficient (Wildman–Crippen LogP) is 5.85. The van der Waals surface area contributed by atoms with Crippen LogP contribution < -0.4 is 10.9 Å². The fraction of sp³-hybridized carbons (Fsp3) is 0.318. The molecule has 0 unspecified atom stereocenters. The van der Waals surface area contributed by atoms with Gasteiger partial charge in [-0.05, 0) is 42.7 Å². The summed E-state index contributed by atoms with van der Waals surface area (Å²) in [4.78, 5) is 29.9. The summed E-state index contributed by atoms with van der Waals surface area (Å²) in [7, 11) is 0. The van der Waals surface area contributed by atoms with Gasteiger partial charge in [0, 0.05) is 6.54 Å². The average molecular weight is 484 g/mol. The number of amides is 1. The maximum atomic E-state index is 13.0. The summed E-state index contributed by atoms with van der Waals surface area (Å²) in [6.07, 6.45) is -3.81. The largest absolute Gasteiger partial charge is 0.416 e. The second-order valence-electron chi connectivity index (χ2n) is 7.58. The van der Waals surface area contributed by atoms with Gasteiger partial charge in [0.25, 0.3) is 5.56 Å². The van der Waals surface area contributed by atoms with E-state index in [9.17, 15) is 22.8 Å². The Kier molecular flexibility index (Phi) is 7.51. The van der Waals surface area contributed by atoms with Gasteiger partial charge < -0.3 is 5.32 Å². The minimum absolute atomic E-state index is 0.00554. The number of halogens is 4. The molecule has 0 aliphatic carbocycles. The zero-order chi connectivity index (χ0) is 23.5. The standard InChI is InChI=1S/C22H21ClF3N3O2S/c1-13(2)9-10-29-20(31)15-5-3-4-6-17(15)28-21(29)32-12-19(30)27-18-11-14(22(24,25)26)7-8-16(18)23/h3-8,11,13H,9-10,12H2,1-2H3,(H,27,30). The van der Waals surface area contributed by atoms with Gasteiger partial charge in [0.15, 0.2) is 5.16 Å². The van der Waals surface area contributed by atoms with Crippen LogP contribution in [0.2, 0.25) is 5.02 Å². The van der Waals surface area contributed by atoms with Gasteiger partial charge in [0.2, 0.25) is 5.91 Å². The third-order valence-electron chi connectivity index (χ3n) is 4.66. The number of anilines is 1. The molecule has 2 aromatic carbocycles. The third kappa shape index (κ3) is 5.83. The molecule has 1 aromatic heterocycles. The molecule has 170 valence electrons. The molecule has 0 spiro atoms. The summed E-state index contributed by atoms with van der Waals surface area (Å²) < 4.78 is 40.4. The number of fused-ring (bicyclic) bond motifs is 1. The highest BCUT2D eigenvalue weighted by atomic mass is 35.5. The fourth-order valence-corrected chi connectivity index (χ4v) is 3.95. The van der Waals surface area contributed by atoms with Crippen molar-refractivity contribution >= 4 is 45.9 Å². The third-order valence-corrected chi connectivity index (χ3v) is 5.96. The van der Waals surface area contributed by atoms with E-state index in [2.05, 4.69) is 10.3 Å². The molecule has 1 heterocycles. The maximum absolute atomic E-state index is 13.0. The molecular formula is C22H21ClF3N3O2S. The summed E-state index contributed by atoms with van der Waals surface area (Å²) >= 11 is 6.99. The number of hydrogen-bond donors (Lipinski definition) is 1. The lowest BCUT2D eigenvalue weighted by molar-refractivity contribution is -0.137. The molecular weight excluding hydrogens is 463 g/mol. The zero-order valence-electron chi connectivity index (χ0n) is 17.4. The van der Waals surface area contributed by atoms with Crippen molar-refractivity contribution in [1.29, 1.82) is 0 Å². The van der Waals surface area contributed by atoms with Crippen molar-refractivity contribution < 1.29 is 18.0 Å². The van der Waals surface area contributed by atoms with E-state index in [1.807, 2.05) is 13.8 Å². The molecule has 0 fully saturated rings. The average Bonchev–Trinajstić information content (AvgIpc) is 2.72. The number of carbonyl (C=O) groups is 1. The molecule has 0 atom stereocenters. The van der Waals surface area contributed by atoms with Crippen LogP contribution in [0.3, 0.4) is 0 Å². The Morgan fingerprint density at radius 1 is 1.22 bits per heavy atom. The molecule has 0 radical (unpaired) electrons. The van der Waals surface area contributed by atoms with Crippen molar-refractivity contribution in [3.8, 4) is 0 Å². The number of para-hydroxylation sites is 1. The molecule has 1 amide bonds. The van der Waals surface area contributed by atoms with Gasteiger partial charge in [0.1, 0.15) is 0 Å². The minimum atomic E-state index is -4.56. The Morgan fingerprint density at radius 3 is 2.62 bits per heavy atom. The van der Waals surface area contributed by atoms with Crippen molar-refractivity contribution in [2.24, 2.45) is 5.92 Å². The molecule has 0 saturated heterocycles. The molecule has 0 aliphatic heterocycles. The smallest absolute Gasteiger partial charge is 0.324 e. The molecule has 0 aliphatic rings. The highest BCUT2D eigenvalue weighted by Gasteiger charge is 2.31. The van der Waals surface area contributed by atoms with E-state index in [1.54, 1.807) is 24.3 Å². The van der Waals surface area contributed by atoms with Crippen molar-refractivity contribution in [2.45, 2.75) is 38.1 Å². The van der Waals surface area contributed by atoms with E-state index in [4.69, 9.17) is 11.6 Å². The van der Waals surface area contributed by atoms with Crippen molar-refractivity contribution in [3.05, 3.63) is 63.4 Å². The van der Waals surface area contributed by atoms with Crippen LogP contribution in [0.15, 0.2) is 52.4 Å². The first-order valence-electron chi connectivity index (χ1n) is 9.85. The Labute approximate surface area is 192 Å². The number of rotatable bonds is 7. The van der Waals surface area contributed by atoms with Gasteiger partial charge in [0.05, 0.1) is 32.9 Å². The number of alkyl halides is 3. The quantitative estimate of drug-likeness (QED) is 0.338. The Balaban J connectivity index is 1.82. The summed E-state index contributed by atoms with van der Waals surface area (Å²) in [5, 5.41) is 3.26. The van der Waals surface area contributed by atoms with Crippen LogP contribution in [0, 0.1) is 5.92 Å². The van der Waals surface area contributed by atoms with Gasteiger partial charge in [-0.2, -0.15) is 13.2 Å². The van der Waals surface area contributed by atoms with Crippen LogP contribution >= 0.6 is 23.4 Å². The highest BCUT2D eigenvalue weighted by Crippen LogP contribution is 2.34. The van der Waals surface area contributed by atoms with Gasteiger partial charge in [-0.15, -0.1) is 0 Å². The lowest BCUT2D eigenvalue weighted by Crippen LogP contribution is -2.25. The normalized spacial score (nSPS) is 11.8. The topological polar surface area (TPSA) is 64.0 Å². The number of carbonyl (C=O) groups excluding carboxylic acids is 1. The molecule has 0 saturated carbocycles. The fourth-order valence-electron chi connectivity index (χ4n) is 2.96. The Hall–Kier alpha value is -2.52. The van der Waals surface area contributed by atoms with Crippen LogP contribution in [0.25, 0.3) is 10.9 Å². The van der Waals surface area contributed by atoms with Crippen LogP contribution in [-0.4, -0.2) is 21.2 Å². The molecule has 0 bridgehead atoms. The summed E-state index contributed by atoms with van der Waals surface area (Å²) in [5.41, 5.74) is -0.721. The molecule has 3 aromatic rings. The van der Waals surface area contributed by atoms with Gasteiger partial charge >= 0.3 is 6.18 Å². The van der Waals surface area contributed by atoms with E-state index < -0.39 is 17.6 Å². The molecule has 5 nitrogen and oxygen atoms in total. The minimum Gasteiger partial charge on any atom is -0.324 e. The molecule has 32 heavy (non-hydrogen) atoms. The number of hydrogen-bond acceptors (Lipinski definition) is 4. The predicted molar refractivity (Wildman–Crippen MR) is 121 cm³/mol. The number of nitrogens with zero attached hydrogens (tertiary/aromatic N) is 2. The van der Waals surface area contributed by atoms with Gasteiger partial charge in [-0.1, -0.05) is 49.3 Å². The van der Waals surface area contributed by atoms with E-state index in [0.29, 0.717) is 28.5 Å². The number of benzene rings is 2. The lowest BCUT2D eigenvalue weighted by Gasteiger charge is -2.15. The zero-order valence-corrected chi connectivity index (χ0v) is 18.9. The van der Waals surface area contributed by atoms with Gasteiger partial charge in [-0.3, -0.25) is 14.2 Å². The van der Waals surface area contributed by atoms with Crippen LogP contribution in [0.4, 0.5) is 18.9 Å². The second-order valence-corrected chi connectivity index (χ2v) is 8.93. The summed E-state index contributed by atoms with van der Waals surface area (Å²) in [6.45, 7) is 4.52. The first kappa shape index (κ1) is 24.1. The Bertz CT molecular complexity index is 1200. The van der Waals surface area contributed by atoms with E-state index >= 15 is 0 Å². The van der Waals surface area contributed by atoms with Crippen LogP contribution in [0.5, 0.6) is 0 Å². The summed E-state index contributed by atoms with van der Waals surface area (Å²) in [6, 6.07) is 9.67.